The Morgan fingerprint density at radius 1 is 1.17 bits per heavy atom. The molecule has 190 valence electrons. The highest BCUT2D eigenvalue weighted by molar-refractivity contribution is 7.99. The second-order valence-electron chi connectivity index (χ2n) is 8.50. The molecule has 3 aromatic rings. The lowest BCUT2D eigenvalue weighted by atomic mass is 9.97. The average molecular weight is 530 g/mol. The zero-order valence-corrected chi connectivity index (χ0v) is 21.7. The van der Waals surface area contributed by atoms with Gasteiger partial charge in [0.1, 0.15) is 18.1 Å². The van der Waals surface area contributed by atoms with E-state index in [2.05, 4.69) is 10.2 Å². The molecule has 1 saturated heterocycles. The van der Waals surface area contributed by atoms with Gasteiger partial charge >= 0.3 is 0 Å². The second-order valence-corrected chi connectivity index (χ2v) is 9.85. The van der Waals surface area contributed by atoms with E-state index in [1.54, 1.807) is 12.0 Å². The molecule has 1 aliphatic rings. The number of nitrogens with two attached hydrogens (primary N) is 1. The van der Waals surface area contributed by atoms with Crippen molar-refractivity contribution in [2.24, 2.45) is 11.7 Å². The van der Waals surface area contributed by atoms with E-state index in [-0.39, 0.29) is 30.1 Å². The van der Waals surface area contributed by atoms with Gasteiger partial charge in [-0.05, 0) is 61.7 Å². The molecule has 11 heteroatoms. The van der Waals surface area contributed by atoms with E-state index in [0.29, 0.717) is 41.3 Å². The summed E-state index contributed by atoms with van der Waals surface area (Å²) in [5.41, 5.74) is 7.17. The third-order valence-corrected chi connectivity index (χ3v) is 7.36. The molecule has 9 nitrogen and oxygen atoms in total. The van der Waals surface area contributed by atoms with Gasteiger partial charge in [0.25, 0.3) is 0 Å². The van der Waals surface area contributed by atoms with E-state index in [1.807, 2.05) is 54.0 Å². The van der Waals surface area contributed by atoms with E-state index in [9.17, 15) is 9.59 Å². The lowest BCUT2D eigenvalue weighted by Gasteiger charge is -2.31. The zero-order valence-electron chi connectivity index (χ0n) is 20.1. The van der Waals surface area contributed by atoms with Crippen molar-refractivity contribution in [2.75, 3.05) is 26.0 Å². The number of ether oxygens (including phenoxy) is 2. The number of carbonyl (C=O) groups is 2. The third kappa shape index (κ3) is 6.11. The molecular formula is C25H28ClN5O4S. The number of primary amides is 1. The topological polar surface area (TPSA) is 113 Å². The first kappa shape index (κ1) is 25.8. The number of piperidine rings is 1. The summed E-state index contributed by atoms with van der Waals surface area (Å²) in [5, 5.41) is 9.82. The summed E-state index contributed by atoms with van der Waals surface area (Å²) in [5.74, 6) is 1.38. The average Bonchev–Trinajstić information content (AvgIpc) is 3.30. The van der Waals surface area contributed by atoms with Crippen LogP contribution in [-0.4, -0.2) is 57.4 Å². The van der Waals surface area contributed by atoms with Crippen LogP contribution in [0, 0.1) is 12.8 Å². The highest BCUT2D eigenvalue weighted by Gasteiger charge is 2.27. The Labute approximate surface area is 218 Å². The van der Waals surface area contributed by atoms with Crippen LogP contribution in [0.5, 0.6) is 11.5 Å². The molecule has 1 fully saturated rings. The standard InChI is InChI=1S/C25H28ClN5O4S/c1-16-5-6-18(12-21(16)26)31-22(14-35-20-9-7-19(34-2)8-10-20)28-29-25(31)36-15-23(32)30-11-3-4-17(13-30)24(27)33/h5-10,12,17H,3-4,11,13-15H2,1-2H3,(H2,27,33)/t17-/m1/s1. The molecule has 0 spiro atoms. The van der Waals surface area contributed by atoms with Crippen LogP contribution in [0.3, 0.4) is 0 Å². The van der Waals surface area contributed by atoms with Crippen LogP contribution in [0.15, 0.2) is 47.6 Å². The van der Waals surface area contributed by atoms with Gasteiger partial charge in [-0.1, -0.05) is 29.4 Å². The second kappa shape index (κ2) is 11.7. The van der Waals surface area contributed by atoms with Crippen LogP contribution in [0.1, 0.15) is 24.2 Å². The predicted octanol–water partition coefficient (Wildman–Crippen LogP) is 3.63. The summed E-state index contributed by atoms with van der Waals surface area (Å²) in [6.07, 6.45) is 1.47. The first-order valence-electron chi connectivity index (χ1n) is 11.5. The predicted molar refractivity (Wildman–Crippen MR) is 138 cm³/mol. The number of hydrogen-bond acceptors (Lipinski definition) is 7. The van der Waals surface area contributed by atoms with Gasteiger partial charge in [-0.25, -0.2) is 0 Å². The van der Waals surface area contributed by atoms with Gasteiger partial charge in [-0.2, -0.15) is 0 Å². The lowest BCUT2D eigenvalue weighted by molar-refractivity contribution is -0.132. The lowest BCUT2D eigenvalue weighted by Crippen LogP contribution is -2.44. The Kier molecular flexibility index (Phi) is 8.37. The molecule has 0 bridgehead atoms. The fourth-order valence-corrected chi connectivity index (χ4v) is 4.99. The van der Waals surface area contributed by atoms with E-state index >= 15 is 0 Å². The van der Waals surface area contributed by atoms with Gasteiger partial charge in [0.15, 0.2) is 11.0 Å². The first-order valence-corrected chi connectivity index (χ1v) is 12.9. The van der Waals surface area contributed by atoms with Crippen LogP contribution >= 0.6 is 23.4 Å². The van der Waals surface area contributed by atoms with Gasteiger partial charge in [0.2, 0.25) is 11.8 Å². The van der Waals surface area contributed by atoms with E-state index < -0.39 is 0 Å². The van der Waals surface area contributed by atoms with Crippen molar-refractivity contribution < 1.29 is 19.1 Å². The number of thioether (sulfide) groups is 1. The largest absolute Gasteiger partial charge is 0.497 e. The number of halogens is 1. The number of amides is 2. The highest BCUT2D eigenvalue weighted by atomic mass is 35.5. The monoisotopic (exact) mass is 529 g/mol. The molecule has 2 heterocycles. The van der Waals surface area contributed by atoms with Crippen molar-refractivity contribution >= 4 is 35.2 Å². The molecule has 1 aromatic heterocycles. The van der Waals surface area contributed by atoms with Gasteiger partial charge in [0.05, 0.1) is 24.5 Å². The molecule has 0 radical (unpaired) electrons. The van der Waals surface area contributed by atoms with Crippen LogP contribution < -0.4 is 15.2 Å². The fraction of sp³-hybridized carbons (Fsp3) is 0.360. The highest BCUT2D eigenvalue weighted by Crippen LogP contribution is 2.27. The number of rotatable bonds is 9. The maximum absolute atomic E-state index is 12.9. The van der Waals surface area contributed by atoms with E-state index in [4.69, 9.17) is 26.8 Å². The van der Waals surface area contributed by atoms with Crippen molar-refractivity contribution in [3.05, 3.63) is 58.9 Å². The van der Waals surface area contributed by atoms with Crippen molar-refractivity contribution in [1.82, 2.24) is 19.7 Å². The van der Waals surface area contributed by atoms with Gasteiger partial charge in [0, 0.05) is 18.1 Å². The number of methoxy groups -OCH3 is 1. The van der Waals surface area contributed by atoms with Crippen molar-refractivity contribution in [3.63, 3.8) is 0 Å². The molecule has 0 saturated carbocycles. The number of benzene rings is 2. The summed E-state index contributed by atoms with van der Waals surface area (Å²) < 4.78 is 13.0. The van der Waals surface area contributed by atoms with Gasteiger partial charge in [-0.3, -0.25) is 14.2 Å². The molecule has 36 heavy (non-hydrogen) atoms. The molecule has 0 aliphatic carbocycles. The van der Waals surface area contributed by atoms with Crippen LogP contribution in [0.25, 0.3) is 5.69 Å². The van der Waals surface area contributed by atoms with Crippen molar-refractivity contribution in [1.29, 1.82) is 0 Å². The number of nitrogens with zero attached hydrogens (tertiary/aromatic N) is 4. The molecule has 0 unspecified atom stereocenters. The van der Waals surface area contributed by atoms with E-state index in [0.717, 1.165) is 23.4 Å². The zero-order chi connectivity index (χ0) is 25.7. The third-order valence-electron chi connectivity index (χ3n) is 6.04. The fourth-order valence-electron chi connectivity index (χ4n) is 3.94. The summed E-state index contributed by atoms with van der Waals surface area (Å²) in [6.45, 7) is 3.06. The Morgan fingerprint density at radius 2 is 1.92 bits per heavy atom. The van der Waals surface area contributed by atoms with Gasteiger partial charge < -0.3 is 20.1 Å². The molecule has 1 aliphatic heterocycles. The smallest absolute Gasteiger partial charge is 0.233 e. The summed E-state index contributed by atoms with van der Waals surface area (Å²) >= 11 is 7.68. The van der Waals surface area contributed by atoms with Gasteiger partial charge in [-0.15, -0.1) is 10.2 Å². The summed E-state index contributed by atoms with van der Waals surface area (Å²) in [4.78, 5) is 26.2. The van der Waals surface area contributed by atoms with Crippen LogP contribution in [0.2, 0.25) is 5.02 Å². The van der Waals surface area contributed by atoms with Crippen molar-refractivity contribution in [2.45, 2.75) is 31.5 Å². The minimum absolute atomic E-state index is 0.0709. The maximum atomic E-state index is 12.9. The molecule has 4 rings (SSSR count). The number of aryl methyl sites for hydroxylation is 1. The van der Waals surface area contributed by atoms with Crippen LogP contribution in [-0.2, 0) is 16.2 Å². The number of carbonyl (C=O) groups excluding carboxylic acids is 2. The Bertz CT molecular complexity index is 1230. The minimum atomic E-state index is -0.363. The summed E-state index contributed by atoms with van der Waals surface area (Å²) in [6, 6.07) is 12.9. The van der Waals surface area contributed by atoms with E-state index in [1.165, 1.54) is 11.8 Å². The number of hydrogen-bond donors (Lipinski definition) is 1. The molecule has 1 atom stereocenters. The number of likely N-dealkylation sites (tertiary alicyclic amines) is 1. The van der Waals surface area contributed by atoms with Crippen LogP contribution in [0.4, 0.5) is 0 Å². The molecule has 2 amide bonds. The normalized spacial score (nSPS) is 15.5. The Morgan fingerprint density at radius 3 is 2.61 bits per heavy atom. The van der Waals surface area contributed by atoms with Crippen molar-refractivity contribution in [3.8, 4) is 17.2 Å². The first-order chi connectivity index (χ1) is 17.4. The minimum Gasteiger partial charge on any atom is -0.497 e. The maximum Gasteiger partial charge on any atom is 0.233 e. The Hall–Kier alpha value is -3.24. The Balaban J connectivity index is 1.52. The number of aromatic nitrogens is 3. The summed E-state index contributed by atoms with van der Waals surface area (Å²) in [7, 11) is 1.61. The molecule has 2 N–H and O–H groups in total. The molecular weight excluding hydrogens is 502 g/mol. The SMILES string of the molecule is COc1ccc(OCc2nnc(SCC(=O)N3CCC[C@@H](C(N)=O)C3)n2-c2ccc(C)c(Cl)c2)cc1. The molecule has 2 aromatic carbocycles. The quantitative estimate of drug-likeness (QED) is 0.421.